The number of carbonyl (C=O) groups excluding carboxylic acids is 2. The molecule has 3 N–H and O–H groups in total. The van der Waals surface area contributed by atoms with Gasteiger partial charge in [-0.2, -0.15) is 0 Å². The Morgan fingerprint density at radius 3 is 2.38 bits per heavy atom. The molecular weight excluding hydrogens is 378 g/mol. The molecule has 0 aliphatic heterocycles. The van der Waals surface area contributed by atoms with Crippen molar-refractivity contribution in [3.05, 3.63) is 66.0 Å². The second kappa shape index (κ2) is 9.04. The summed E-state index contributed by atoms with van der Waals surface area (Å²) < 4.78 is 10.6. The fourth-order valence-corrected chi connectivity index (χ4v) is 2.49. The number of aromatic amines is 1. The SMILES string of the molecule is CC(OCc1ccc(-c2ccccc2)cc1)(C(=O)NO)C(=O)OCc1nnn[nH]1. The van der Waals surface area contributed by atoms with E-state index in [1.54, 1.807) is 0 Å². The molecule has 29 heavy (non-hydrogen) atoms. The third-order valence-corrected chi connectivity index (χ3v) is 4.24. The predicted octanol–water partition coefficient (Wildman–Crippen LogP) is 1.39. The Balaban J connectivity index is 1.66. The van der Waals surface area contributed by atoms with Crippen LogP contribution in [0.3, 0.4) is 0 Å². The first-order valence-corrected chi connectivity index (χ1v) is 8.65. The molecule has 1 atom stereocenters. The topological polar surface area (TPSA) is 139 Å². The van der Waals surface area contributed by atoms with E-state index in [1.165, 1.54) is 12.4 Å². The highest BCUT2D eigenvalue weighted by molar-refractivity contribution is 6.05. The smallest absolute Gasteiger partial charge is 0.348 e. The summed E-state index contributed by atoms with van der Waals surface area (Å²) in [7, 11) is 0. The van der Waals surface area contributed by atoms with Gasteiger partial charge in [-0.3, -0.25) is 10.0 Å². The third kappa shape index (κ3) is 4.81. The number of H-pyrrole nitrogens is 1. The highest BCUT2D eigenvalue weighted by atomic mass is 16.6. The molecule has 0 radical (unpaired) electrons. The molecule has 1 amide bonds. The van der Waals surface area contributed by atoms with Crippen LogP contribution in [0.2, 0.25) is 0 Å². The largest absolute Gasteiger partial charge is 0.455 e. The molecule has 3 aromatic rings. The number of hydrogen-bond acceptors (Lipinski definition) is 8. The van der Waals surface area contributed by atoms with Crippen molar-refractivity contribution < 1.29 is 24.3 Å². The summed E-state index contributed by atoms with van der Waals surface area (Å²) in [5.74, 6) is -1.86. The fourth-order valence-electron chi connectivity index (χ4n) is 2.49. The molecule has 10 nitrogen and oxygen atoms in total. The second-order valence-corrected chi connectivity index (χ2v) is 6.25. The maximum absolute atomic E-state index is 12.4. The highest BCUT2D eigenvalue weighted by Crippen LogP contribution is 2.21. The molecule has 10 heteroatoms. The Hall–Kier alpha value is -3.63. The lowest BCUT2D eigenvalue weighted by Gasteiger charge is -2.25. The van der Waals surface area contributed by atoms with Crippen molar-refractivity contribution in [1.82, 2.24) is 26.1 Å². The zero-order valence-corrected chi connectivity index (χ0v) is 15.5. The van der Waals surface area contributed by atoms with E-state index in [9.17, 15) is 9.59 Å². The van der Waals surface area contributed by atoms with Crippen molar-refractivity contribution in [2.45, 2.75) is 25.7 Å². The molecule has 0 bridgehead atoms. The Kier molecular flexibility index (Phi) is 6.27. The zero-order chi connectivity index (χ0) is 20.7. The van der Waals surface area contributed by atoms with E-state index >= 15 is 0 Å². The minimum absolute atomic E-state index is 0.0576. The van der Waals surface area contributed by atoms with Gasteiger partial charge in [-0.15, -0.1) is 5.10 Å². The lowest BCUT2D eigenvalue weighted by Crippen LogP contribution is -2.52. The average Bonchev–Trinajstić information content (AvgIpc) is 3.30. The highest BCUT2D eigenvalue weighted by Gasteiger charge is 2.44. The normalized spacial score (nSPS) is 12.8. The number of amides is 1. The van der Waals surface area contributed by atoms with E-state index in [0.717, 1.165) is 16.7 Å². The first kappa shape index (κ1) is 20.1. The monoisotopic (exact) mass is 397 g/mol. The first-order chi connectivity index (χ1) is 14.0. The van der Waals surface area contributed by atoms with Crippen LogP contribution in [0.4, 0.5) is 0 Å². The summed E-state index contributed by atoms with van der Waals surface area (Å²) in [6.07, 6.45) is 0. The van der Waals surface area contributed by atoms with Crippen molar-refractivity contribution in [3.63, 3.8) is 0 Å². The summed E-state index contributed by atoms with van der Waals surface area (Å²) in [5, 5.41) is 21.7. The Bertz CT molecular complexity index is 947. The van der Waals surface area contributed by atoms with Gasteiger partial charge in [-0.25, -0.2) is 15.4 Å². The van der Waals surface area contributed by atoms with Gasteiger partial charge in [0.25, 0.3) is 5.91 Å². The minimum Gasteiger partial charge on any atom is -0.455 e. The van der Waals surface area contributed by atoms with Crippen LogP contribution in [0.1, 0.15) is 18.3 Å². The second-order valence-electron chi connectivity index (χ2n) is 6.25. The van der Waals surface area contributed by atoms with E-state index in [-0.39, 0.29) is 19.0 Å². The van der Waals surface area contributed by atoms with Gasteiger partial charge in [0.1, 0.15) is 0 Å². The number of hydrogen-bond donors (Lipinski definition) is 3. The van der Waals surface area contributed by atoms with E-state index in [4.69, 9.17) is 14.7 Å². The van der Waals surface area contributed by atoms with E-state index in [2.05, 4.69) is 20.6 Å². The first-order valence-electron chi connectivity index (χ1n) is 8.65. The van der Waals surface area contributed by atoms with E-state index in [0.29, 0.717) is 0 Å². The number of hydroxylamine groups is 1. The quantitative estimate of drug-likeness (QED) is 0.224. The molecule has 0 aliphatic rings. The number of esters is 1. The molecule has 150 valence electrons. The number of rotatable bonds is 8. The van der Waals surface area contributed by atoms with Crippen LogP contribution in [0.25, 0.3) is 11.1 Å². The molecule has 0 saturated carbocycles. The molecule has 1 aromatic heterocycles. The van der Waals surface area contributed by atoms with Gasteiger partial charge in [0.05, 0.1) is 6.61 Å². The Labute approximate surface area is 165 Å². The summed E-state index contributed by atoms with van der Waals surface area (Å²) in [6.45, 7) is 0.866. The molecule has 1 heterocycles. The van der Waals surface area contributed by atoms with Crippen LogP contribution in [0, 0.1) is 0 Å². The number of tetrazole rings is 1. The lowest BCUT2D eigenvalue weighted by molar-refractivity contribution is -0.183. The van der Waals surface area contributed by atoms with E-state index < -0.39 is 17.5 Å². The van der Waals surface area contributed by atoms with Gasteiger partial charge >= 0.3 is 5.97 Å². The van der Waals surface area contributed by atoms with Gasteiger partial charge in [-0.05, 0) is 34.0 Å². The van der Waals surface area contributed by atoms with Crippen LogP contribution >= 0.6 is 0 Å². The molecule has 1 unspecified atom stereocenters. The number of carbonyl (C=O) groups is 2. The standard InChI is InChI=1S/C19H19N5O5/c1-19(17(25)22-27,18(26)28-12-16-20-23-24-21-16)29-11-13-7-9-15(10-8-13)14-5-3-2-4-6-14/h2-10,27H,11-12H2,1H3,(H,22,25)(H,20,21,23,24). The summed E-state index contributed by atoms with van der Waals surface area (Å²) >= 11 is 0. The third-order valence-electron chi connectivity index (χ3n) is 4.24. The average molecular weight is 397 g/mol. The van der Waals surface area contributed by atoms with Crippen molar-refractivity contribution in [3.8, 4) is 11.1 Å². The van der Waals surface area contributed by atoms with Crippen molar-refractivity contribution in [1.29, 1.82) is 0 Å². The number of ether oxygens (including phenoxy) is 2. The van der Waals surface area contributed by atoms with Crippen molar-refractivity contribution >= 4 is 11.9 Å². The Morgan fingerprint density at radius 1 is 1.07 bits per heavy atom. The number of nitrogens with zero attached hydrogens (tertiary/aromatic N) is 3. The molecule has 0 spiro atoms. The summed E-state index contributed by atoms with van der Waals surface area (Å²) in [4.78, 5) is 24.5. The predicted molar refractivity (Wildman–Crippen MR) is 99.0 cm³/mol. The molecular formula is C19H19N5O5. The number of nitrogens with one attached hydrogen (secondary N) is 2. The van der Waals surface area contributed by atoms with Crippen LogP contribution in [0.5, 0.6) is 0 Å². The maximum Gasteiger partial charge on any atom is 0.348 e. The minimum atomic E-state index is -2.07. The fraction of sp³-hybridized carbons (Fsp3) is 0.211. The summed E-state index contributed by atoms with van der Waals surface area (Å²) in [5.41, 5.74) is 2.18. The molecule has 0 aliphatic carbocycles. The van der Waals surface area contributed by atoms with Gasteiger partial charge in [0.15, 0.2) is 12.4 Å². The zero-order valence-electron chi connectivity index (χ0n) is 15.5. The van der Waals surface area contributed by atoms with Gasteiger partial charge < -0.3 is 9.47 Å². The summed E-state index contributed by atoms with van der Waals surface area (Å²) in [6, 6.07) is 17.3. The molecule has 0 saturated heterocycles. The van der Waals surface area contributed by atoms with Crippen LogP contribution in [-0.4, -0.2) is 43.3 Å². The van der Waals surface area contributed by atoms with Crippen LogP contribution < -0.4 is 5.48 Å². The van der Waals surface area contributed by atoms with Crippen LogP contribution in [-0.2, 0) is 32.3 Å². The lowest BCUT2D eigenvalue weighted by atomic mass is 10.0. The molecule has 2 aromatic carbocycles. The van der Waals surface area contributed by atoms with Crippen molar-refractivity contribution in [2.24, 2.45) is 0 Å². The maximum atomic E-state index is 12.4. The number of aromatic nitrogens is 4. The molecule has 3 rings (SSSR count). The molecule has 0 fully saturated rings. The van der Waals surface area contributed by atoms with Gasteiger partial charge in [-0.1, -0.05) is 54.6 Å². The van der Waals surface area contributed by atoms with E-state index in [1.807, 2.05) is 54.6 Å². The van der Waals surface area contributed by atoms with Gasteiger partial charge in [0, 0.05) is 0 Å². The van der Waals surface area contributed by atoms with Gasteiger partial charge in [0.2, 0.25) is 5.60 Å². The Morgan fingerprint density at radius 2 is 1.76 bits per heavy atom. The van der Waals surface area contributed by atoms with Crippen molar-refractivity contribution in [2.75, 3.05) is 0 Å². The van der Waals surface area contributed by atoms with Crippen LogP contribution in [0.15, 0.2) is 54.6 Å². The number of benzene rings is 2.